The van der Waals surface area contributed by atoms with Gasteiger partial charge in [-0.3, -0.25) is 10.2 Å². The second-order valence-electron chi connectivity index (χ2n) is 5.62. The van der Waals surface area contributed by atoms with Gasteiger partial charge in [-0.2, -0.15) is 0 Å². The summed E-state index contributed by atoms with van der Waals surface area (Å²) in [4.78, 5) is 14.4. The number of nitrogens with zero attached hydrogens (tertiary/aromatic N) is 3. The molecule has 2 aromatic rings. The van der Waals surface area contributed by atoms with Gasteiger partial charge in [-0.25, -0.2) is 4.79 Å². The van der Waals surface area contributed by atoms with Crippen molar-refractivity contribution in [2.75, 3.05) is 49.2 Å². The molecule has 1 aromatic carbocycles. The van der Waals surface area contributed by atoms with Crippen LogP contribution in [-0.2, 0) is 4.74 Å². The minimum absolute atomic E-state index is 0.315. The lowest BCUT2D eigenvalue weighted by atomic mass is 10.2. The average molecular weight is 380 g/mol. The molecule has 2 heterocycles. The van der Waals surface area contributed by atoms with Crippen LogP contribution in [0.5, 0.6) is 0 Å². The Morgan fingerprint density at radius 1 is 1.24 bits per heavy atom. The molecule has 1 fully saturated rings. The van der Waals surface area contributed by atoms with Crippen molar-refractivity contribution >= 4 is 39.9 Å². The van der Waals surface area contributed by atoms with Gasteiger partial charge in [0.25, 0.3) is 0 Å². The zero-order valence-electron chi connectivity index (χ0n) is 14.0. The van der Waals surface area contributed by atoms with Gasteiger partial charge in [0.2, 0.25) is 5.13 Å². The van der Waals surface area contributed by atoms with Gasteiger partial charge < -0.3 is 10.1 Å². The molecule has 1 saturated heterocycles. The molecule has 0 unspecified atom stereocenters. The molecule has 0 radical (unpaired) electrons. The van der Waals surface area contributed by atoms with Crippen LogP contribution >= 0.6 is 23.1 Å². The number of amides is 2. The average Bonchev–Trinajstić information content (AvgIpc) is 3.05. The minimum Gasteiger partial charge on any atom is -0.379 e. The first kappa shape index (κ1) is 18.1. The van der Waals surface area contributed by atoms with E-state index >= 15 is 0 Å². The van der Waals surface area contributed by atoms with Gasteiger partial charge in [0, 0.05) is 31.1 Å². The molecule has 2 amide bonds. The molecular weight excluding hydrogens is 358 g/mol. The Hall–Kier alpha value is -1.68. The Morgan fingerprint density at radius 3 is 2.76 bits per heavy atom. The molecule has 0 spiro atoms. The lowest BCUT2D eigenvalue weighted by Crippen LogP contribution is -2.37. The predicted octanol–water partition coefficient (Wildman–Crippen LogP) is 2.91. The number of urea groups is 1. The van der Waals surface area contributed by atoms with Gasteiger partial charge >= 0.3 is 6.03 Å². The van der Waals surface area contributed by atoms with E-state index in [4.69, 9.17) is 4.74 Å². The molecular formula is C16H21N5O2S2. The third-order valence-corrected chi connectivity index (χ3v) is 5.63. The number of hydrogen-bond donors (Lipinski definition) is 2. The van der Waals surface area contributed by atoms with Crippen molar-refractivity contribution in [1.82, 2.24) is 15.1 Å². The van der Waals surface area contributed by atoms with E-state index in [1.807, 2.05) is 31.2 Å². The van der Waals surface area contributed by atoms with Gasteiger partial charge in [0.15, 0.2) is 4.34 Å². The highest BCUT2D eigenvalue weighted by atomic mass is 32.2. The summed E-state index contributed by atoms with van der Waals surface area (Å²) in [5.41, 5.74) is 1.89. The Kier molecular flexibility index (Phi) is 6.62. The van der Waals surface area contributed by atoms with Crippen molar-refractivity contribution in [1.29, 1.82) is 0 Å². The van der Waals surface area contributed by atoms with E-state index in [0.29, 0.717) is 5.13 Å². The van der Waals surface area contributed by atoms with E-state index in [2.05, 4.69) is 25.7 Å². The Labute approximate surface area is 155 Å². The van der Waals surface area contributed by atoms with Gasteiger partial charge in [-0.05, 0) is 19.1 Å². The SMILES string of the molecule is Cc1ccc(NC(=O)Nc2nnc(SCCN3CCOCC3)s2)cc1. The highest BCUT2D eigenvalue weighted by Gasteiger charge is 2.12. The summed E-state index contributed by atoms with van der Waals surface area (Å²) in [5, 5.41) is 14.1. The fraction of sp³-hybridized carbons (Fsp3) is 0.438. The molecule has 2 N–H and O–H groups in total. The molecule has 7 nitrogen and oxygen atoms in total. The summed E-state index contributed by atoms with van der Waals surface area (Å²) in [6.07, 6.45) is 0. The number of thioether (sulfide) groups is 1. The number of benzene rings is 1. The molecule has 0 aliphatic carbocycles. The smallest absolute Gasteiger partial charge is 0.325 e. The van der Waals surface area contributed by atoms with Crippen LogP contribution in [0.4, 0.5) is 15.6 Å². The number of aryl methyl sites for hydroxylation is 1. The third kappa shape index (κ3) is 5.96. The maximum Gasteiger partial charge on any atom is 0.325 e. The van der Waals surface area contributed by atoms with Crippen molar-refractivity contribution < 1.29 is 9.53 Å². The van der Waals surface area contributed by atoms with Crippen LogP contribution < -0.4 is 10.6 Å². The topological polar surface area (TPSA) is 79.4 Å². The Balaban J connectivity index is 1.41. The van der Waals surface area contributed by atoms with Gasteiger partial charge in [-0.15, -0.1) is 10.2 Å². The van der Waals surface area contributed by atoms with Crippen molar-refractivity contribution in [3.05, 3.63) is 29.8 Å². The van der Waals surface area contributed by atoms with Crippen LogP contribution in [0.3, 0.4) is 0 Å². The molecule has 9 heteroatoms. The first-order valence-corrected chi connectivity index (χ1v) is 9.90. The summed E-state index contributed by atoms with van der Waals surface area (Å²) >= 11 is 3.04. The second kappa shape index (κ2) is 9.14. The summed E-state index contributed by atoms with van der Waals surface area (Å²) in [6.45, 7) is 6.61. The van der Waals surface area contributed by atoms with E-state index in [0.717, 1.165) is 54.2 Å². The van der Waals surface area contributed by atoms with Crippen LogP contribution in [0.1, 0.15) is 5.56 Å². The monoisotopic (exact) mass is 379 g/mol. The third-order valence-electron chi connectivity index (χ3n) is 3.67. The van der Waals surface area contributed by atoms with E-state index < -0.39 is 0 Å². The number of ether oxygens (including phenoxy) is 1. The molecule has 0 atom stereocenters. The van der Waals surface area contributed by atoms with Crippen LogP contribution in [0, 0.1) is 6.92 Å². The van der Waals surface area contributed by atoms with E-state index in [1.54, 1.807) is 11.8 Å². The molecule has 25 heavy (non-hydrogen) atoms. The van der Waals surface area contributed by atoms with Crippen molar-refractivity contribution in [2.24, 2.45) is 0 Å². The molecule has 1 aromatic heterocycles. The summed E-state index contributed by atoms with van der Waals surface area (Å²) in [6, 6.07) is 7.31. The number of carbonyl (C=O) groups is 1. The molecule has 0 saturated carbocycles. The number of carbonyl (C=O) groups excluding carboxylic acids is 1. The normalized spacial score (nSPS) is 15.1. The molecule has 0 bridgehead atoms. The zero-order valence-corrected chi connectivity index (χ0v) is 15.7. The molecule has 3 rings (SSSR count). The Bertz CT molecular complexity index is 686. The molecule has 1 aliphatic rings. The number of rotatable bonds is 6. The lowest BCUT2D eigenvalue weighted by Gasteiger charge is -2.25. The first-order valence-electron chi connectivity index (χ1n) is 8.10. The fourth-order valence-corrected chi connectivity index (χ4v) is 4.12. The van der Waals surface area contributed by atoms with E-state index in [1.165, 1.54) is 11.3 Å². The number of morpholine rings is 1. The van der Waals surface area contributed by atoms with Crippen molar-refractivity contribution in [2.45, 2.75) is 11.3 Å². The minimum atomic E-state index is -0.315. The van der Waals surface area contributed by atoms with Gasteiger partial charge in [0.05, 0.1) is 13.2 Å². The number of aromatic nitrogens is 2. The quantitative estimate of drug-likeness (QED) is 0.593. The largest absolute Gasteiger partial charge is 0.379 e. The maximum atomic E-state index is 12.0. The zero-order chi connectivity index (χ0) is 17.5. The number of anilines is 2. The predicted molar refractivity (Wildman–Crippen MR) is 102 cm³/mol. The van der Waals surface area contributed by atoms with E-state index in [9.17, 15) is 4.79 Å². The summed E-state index contributed by atoms with van der Waals surface area (Å²) in [5.74, 6) is 0.949. The molecule has 1 aliphatic heterocycles. The fourth-order valence-electron chi connectivity index (χ4n) is 2.30. The van der Waals surface area contributed by atoms with Crippen molar-refractivity contribution in [3.63, 3.8) is 0 Å². The van der Waals surface area contributed by atoms with E-state index in [-0.39, 0.29) is 6.03 Å². The van der Waals surface area contributed by atoms with Crippen molar-refractivity contribution in [3.8, 4) is 0 Å². The van der Waals surface area contributed by atoms with Gasteiger partial charge in [0.1, 0.15) is 0 Å². The number of nitrogens with one attached hydrogen (secondary N) is 2. The highest BCUT2D eigenvalue weighted by Crippen LogP contribution is 2.25. The number of hydrogen-bond acceptors (Lipinski definition) is 7. The molecule has 134 valence electrons. The van der Waals surface area contributed by atoms with Crippen LogP contribution in [0.25, 0.3) is 0 Å². The highest BCUT2D eigenvalue weighted by molar-refractivity contribution is 8.01. The maximum absolute atomic E-state index is 12.0. The van der Waals surface area contributed by atoms with Crippen LogP contribution in [-0.4, -0.2) is 59.7 Å². The summed E-state index contributed by atoms with van der Waals surface area (Å²) in [7, 11) is 0. The van der Waals surface area contributed by atoms with Gasteiger partial charge in [-0.1, -0.05) is 40.8 Å². The first-order chi connectivity index (χ1) is 12.2. The van der Waals surface area contributed by atoms with Crippen LogP contribution in [0.2, 0.25) is 0 Å². The second-order valence-corrected chi connectivity index (χ2v) is 7.94. The standard InChI is InChI=1S/C16H21N5O2S2/c1-12-2-4-13(5-3-12)17-14(22)18-15-19-20-16(25-15)24-11-8-21-6-9-23-10-7-21/h2-5H,6-11H2,1H3,(H2,17,18,19,22). The van der Waals surface area contributed by atoms with Crippen LogP contribution in [0.15, 0.2) is 28.6 Å². The lowest BCUT2D eigenvalue weighted by molar-refractivity contribution is 0.0410. The Morgan fingerprint density at radius 2 is 2.00 bits per heavy atom. The summed E-state index contributed by atoms with van der Waals surface area (Å²) < 4.78 is 6.20.